The monoisotopic (exact) mass is 512 g/mol. The highest BCUT2D eigenvalue weighted by atomic mass is 35.5. The van der Waals surface area contributed by atoms with Crippen LogP contribution in [0.1, 0.15) is 22.8 Å². The van der Waals surface area contributed by atoms with Gasteiger partial charge in [-0.1, -0.05) is 11.6 Å². The van der Waals surface area contributed by atoms with Crippen LogP contribution in [-0.2, 0) is 15.3 Å². The van der Waals surface area contributed by atoms with Crippen molar-refractivity contribution in [3.63, 3.8) is 0 Å². The molecule has 3 amide bonds. The maximum atomic E-state index is 12.8. The van der Waals surface area contributed by atoms with Gasteiger partial charge in [0.15, 0.2) is 0 Å². The molecule has 0 saturated carbocycles. The lowest BCUT2D eigenvalue weighted by Crippen LogP contribution is -2.34. The van der Waals surface area contributed by atoms with E-state index in [0.717, 1.165) is 5.56 Å². The molecule has 0 spiro atoms. The summed E-state index contributed by atoms with van der Waals surface area (Å²) in [5.41, 5.74) is 2.01. The summed E-state index contributed by atoms with van der Waals surface area (Å²) in [6, 6.07) is 13.9. The van der Waals surface area contributed by atoms with Crippen molar-refractivity contribution in [3.05, 3.63) is 77.1 Å². The molecular weight excluding hydrogens is 488 g/mol. The number of thioether (sulfide) groups is 1. The van der Waals surface area contributed by atoms with Crippen LogP contribution < -0.4 is 21.3 Å². The first-order chi connectivity index (χ1) is 16.9. The van der Waals surface area contributed by atoms with Crippen LogP contribution in [0.15, 0.2) is 66.0 Å². The van der Waals surface area contributed by atoms with Gasteiger partial charge in [-0.3, -0.25) is 14.4 Å². The third kappa shape index (κ3) is 9.01. The van der Waals surface area contributed by atoms with E-state index < -0.39 is 0 Å². The van der Waals surface area contributed by atoms with Crippen LogP contribution in [0.25, 0.3) is 0 Å². The van der Waals surface area contributed by atoms with Crippen LogP contribution in [0.5, 0.6) is 0 Å². The van der Waals surface area contributed by atoms with Crippen LogP contribution in [0, 0.1) is 0 Å². The molecule has 0 aliphatic rings. The number of pyridine rings is 2. The number of carbonyl (C=O) groups excluding carboxylic acids is 3. The van der Waals surface area contributed by atoms with Gasteiger partial charge < -0.3 is 21.3 Å². The molecule has 3 rings (SSSR count). The van der Waals surface area contributed by atoms with Crippen molar-refractivity contribution in [1.29, 1.82) is 0 Å². The van der Waals surface area contributed by atoms with E-state index >= 15 is 0 Å². The first kappa shape index (κ1) is 26.1. The van der Waals surface area contributed by atoms with Gasteiger partial charge in [0.1, 0.15) is 10.8 Å². The van der Waals surface area contributed by atoms with Gasteiger partial charge in [-0.05, 0) is 54.1 Å². The lowest BCUT2D eigenvalue weighted by atomic mass is 10.2. The standard InChI is InChI=1S/C24H25ClN6O3S/c1-16(32)27-12-11-26-14-22(33)31-21-13-17(8-10-28-21)15-35-24-20(3-2-9-29-24)23(34)30-19-6-4-18(25)5-7-19/h2-10,13,26H,11-12,14-15H2,1H3,(H,27,32)(H,30,34)(H,28,31,33). The minimum Gasteiger partial charge on any atom is -0.355 e. The van der Waals surface area contributed by atoms with Crippen molar-refractivity contribution in [2.45, 2.75) is 17.7 Å². The number of amides is 3. The highest BCUT2D eigenvalue weighted by molar-refractivity contribution is 7.98. The van der Waals surface area contributed by atoms with Gasteiger partial charge in [-0.15, -0.1) is 11.8 Å². The Morgan fingerprint density at radius 1 is 0.971 bits per heavy atom. The van der Waals surface area contributed by atoms with Gasteiger partial charge in [-0.2, -0.15) is 0 Å². The fourth-order valence-electron chi connectivity index (χ4n) is 2.91. The van der Waals surface area contributed by atoms with Crippen LogP contribution in [0.3, 0.4) is 0 Å². The van der Waals surface area contributed by atoms with Crippen molar-refractivity contribution in [1.82, 2.24) is 20.6 Å². The molecule has 0 saturated heterocycles. The molecule has 0 aliphatic carbocycles. The predicted molar refractivity (Wildman–Crippen MR) is 138 cm³/mol. The highest BCUT2D eigenvalue weighted by Gasteiger charge is 2.14. The van der Waals surface area contributed by atoms with Crippen LogP contribution in [0.2, 0.25) is 5.02 Å². The van der Waals surface area contributed by atoms with Crippen molar-refractivity contribution < 1.29 is 14.4 Å². The summed E-state index contributed by atoms with van der Waals surface area (Å²) in [5.74, 6) is 0.333. The van der Waals surface area contributed by atoms with Crippen molar-refractivity contribution in [3.8, 4) is 0 Å². The number of hydrogen-bond acceptors (Lipinski definition) is 7. The fourth-order valence-corrected chi connectivity index (χ4v) is 3.97. The number of nitrogens with zero attached hydrogens (tertiary/aromatic N) is 2. The summed E-state index contributed by atoms with van der Waals surface area (Å²) in [6.45, 7) is 2.46. The largest absolute Gasteiger partial charge is 0.355 e. The molecule has 9 nitrogen and oxygen atoms in total. The van der Waals surface area contributed by atoms with Crippen molar-refractivity contribution in [2.24, 2.45) is 0 Å². The lowest BCUT2D eigenvalue weighted by Gasteiger charge is -2.10. The van der Waals surface area contributed by atoms with Gasteiger partial charge in [0.05, 0.1) is 12.1 Å². The smallest absolute Gasteiger partial charge is 0.258 e. The van der Waals surface area contributed by atoms with E-state index in [2.05, 4.69) is 31.2 Å². The van der Waals surface area contributed by atoms with Crippen LogP contribution in [-0.4, -0.2) is 47.3 Å². The van der Waals surface area contributed by atoms with Gasteiger partial charge in [0, 0.05) is 48.9 Å². The number of carbonyl (C=O) groups is 3. The zero-order valence-electron chi connectivity index (χ0n) is 19.0. The maximum Gasteiger partial charge on any atom is 0.258 e. The Hall–Kier alpha value is -3.47. The molecule has 2 heterocycles. The van der Waals surface area contributed by atoms with Gasteiger partial charge in [0.2, 0.25) is 11.8 Å². The topological polar surface area (TPSA) is 125 Å². The second-order valence-electron chi connectivity index (χ2n) is 7.36. The van der Waals surface area contributed by atoms with Crippen LogP contribution in [0.4, 0.5) is 11.5 Å². The number of aromatic nitrogens is 2. The summed E-state index contributed by atoms with van der Waals surface area (Å²) in [4.78, 5) is 44.3. The van der Waals surface area contributed by atoms with E-state index in [1.165, 1.54) is 18.7 Å². The molecule has 0 atom stereocenters. The Morgan fingerprint density at radius 2 is 1.77 bits per heavy atom. The molecule has 2 aromatic heterocycles. The Morgan fingerprint density at radius 3 is 2.54 bits per heavy atom. The molecule has 182 valence electrons. The van der Waals surface area contributed by atoms with E-state index in [1.807, 2.05) is 6.07 Å². The fraction of sp³-hybridized carbons (Fsp3) is 0.208. The molecule has 0 bridgehead atoms. The normalized spacial score (nSPS) is 10.5. The minimum absolute atomic E-state index is 0.0975. The quantitative estimate of drug-likeness (QED) is 0.229. The van der Waals surface area contributed by atoms with Crippen molar-refractivity contribution >= 4 is 52.6 Å². The zero-order valence-corrected chi connectivity index (χ0v) is 20.6. The molecule has 1 aromatic carbocycles. The summed E-state index contributed by atoms with van der Waals surface area (Å²) in [6.07, 6.45) is 3.25. The van der Waals surface area contributed by atoms with Crippen molar-refractivity contribution in [2.75, 3.05) is 30.3 Å². The van der Waals surface area contributed by atoms with Gasteiger partial charge in [0.25, 0.3) is 5.91 Å². The molecule has 11 heteroatoms. The van der Waals surface area contributed by atoms with Gasteiger partial charge >= 0.3 is 0 Å². The Kier molecular flexibility index (Phi) is 10.0. The zero-order chi connectivity index (χ0) is 25.0. The van der Waals surface area contributed by atoms with E-state index in [1.54, 1.807) is 54.9 Å². The lowest BCUT2D eigenvalue weighted by molar-refractivity contribution is -0.118. The van der Waals surface area contributed by atoms with E-state index in [9.17, 15) is 14.4 Å². The molecule has 0 unspecified atom stereocenters. The summed E-state index contributed by atoms with van der Waals surface area (Å²) in [5, 5.41) is 12.4. The molecule has 0 radical (unpaired) electrons. The van der Waals surface area contributed by atoms with Crippen LogP contribution >= 0.6 is 23.4 Å². The molecule has 4 N–H and O–H groups in total. The SMILES string of the molecule is CC(=O)NCCNCC(=O)Nc1cc(CSc2ncccc2C(=O)Nc2ccc(Cl)cc2)ccn1. The maximum absolute atomic E-state index is 12.8. The molecular formula is C24H25ClN6O3S. The van der Waals surface area contributed by atoms with E-state index in [-0.39, 0.29) is 24.3 Å². The number of nitrogens with one attached hydrogen (secondary N) is 4. The number of benzene rings is 1. The minimum atomic E-state index is -0.267. The average molecular weight is 513 g/mol. The Bertz CT molecular complexity index is 1180. The third-order valence-electron chi connectivity index (χ3n) is 4.55. The first-order valence-electron chi connectivity index (χ1n) is 10.8. The summed E-state index contributed by atoms with van der Waals surface area (Å²) in [7, 11) is 0. The number of anilines is 2. The predicted octanol–water partition coefficient (Wildman–Crippen LogP) is 3.34. The Labute approximate surface area is 212 Å². The molecule has 0 aliphatic heterocycles. The first-order valence-corrected chi connectivity index (χ1v) is 12.1. The number of hydrogen-bond donors (Lipinski definition) is 4. The third-order valence-corrected chi connectivity index (χ3v) is 5.87. The number of halogens is 1. The molecule has 0 fully saturated rings. The Balaban J connectivity index is 1.54. The summed E-state index contributed by atoms with van der Waals surface area (Å²) < 4.78 is 0. The number of rotatable bonds is 11. The van der Waals surface area contributed by atoms with E-state index in [0.29, 0.717) is 46.0 Å². The second kappa shape index (κ2) is 13.4. The van der Waals surface area contributed by atoms with Gasteiger partial charge in [-0.25, -0.2) is 9.97 Å². The molecule has 3 aromatic rings. The molecule has 35 heavy (non-hydrogen) atoms. The highest BCUT2D eigenvalue weighted by Crippen LogP contribution is 2.26. The second-order valence-corrected chi connectivity index (χ2v) is 8.76. The van der Waals surface area contributed by atoms with E-state index in [4.69, 9.17) is 11.6 Å². The summed E-state index contributed by atoms with van der Waals surface area (Å²) >= 11 is 7.31. The average Bonchev–Trinajstić information content (AvgIpc) is 2.84.